The third-order valence-electron chi connectivity index (χ3n) is 6.28. The van der Waals surface area contributed by atoms with Crippen LogP contribution in [0.25, 0.3) is 0 Å². The SMILES string of the molecule is CC(C)C(N)CC(=O)N(C)C1C2CC3CC(C2)CC1C3. The lowest BCUT2D eigenvalue weighted by atomic mass is 9.54. The van der Waals surface area contributed by atoms with Crippen molar-refractivity contribution in [1.29, 1.82) is 0 Å². The molecule has 0 aromatic heterocycles. The topological polar surface area (TPSA) is 46.3 Å². The van der Waals surface area contributed by atoms with E-state index < -0.39 is 0 Å². The van der Waals surface area contributed by atoms with Crippen molar-refractivity contribution in [3.8, 4) is 0 Å². The van der Waals surface area contributed by atoms with Gasteiger partial charge in [0.25, 0.3) is 0 Å². The van der Waals surface area contributed by atoms with Gasteiger partial charge >= 0.3 is 0 Å². The van der Waals surface area contributed by atoms with E-state index in [9.17, 15) is 4.79 Å². The molecule has 3 nitrogen and oxygen atoms in total. The quantitative estimate of drug-likeness (QED) is 0.859. The van der Waals surface area contributed by atoms with Gasteiger partial charge in [0, 0.05) is 25.6 Å². The highest BCUT2D eigenvalue weighted by Gasteiger charge is 2.50. The van der Waals surface area contributed by atoms with Crippen molar-refractivity contribution < 1.29 is 4.79 Å². The number of nitrogens with zero attached hydrogens (tertiary/aromatic N) is 1. The van der Waals surface area contributed by atoms with E-state index in [1.807, 2.05) is 7.05 Å². The van der Waals surface area contributed by atoms with E-state index in [4.69, 9.17) is 5.73 Å². The molecule has 0 saturated heterocycles. The van der Waals surface area contributed by atoms with Crippen LogP contribution in [-0.4, -0.2) is 29.9 Å². The predicted molar refractivity (Wildman–Crippen MR) is 81.0 cm³/mol. The van der Waals surface area contributed by atoms with Gasteiger partial charge in [-0.2, -0.15) is 0 Å². The molecule has 0 spiro atoms. The maximum atomic E-state index is 12.5. The Morgan fingerprint density at radius 1 is 1.10 bits per heavy atom. The number of hydrogen-bond acceptors (Lipinski definition) is 2. The molecule has 114 valence electrons. The van der Waals surface area contributed by atoms with Crippen LogP contribution in [0.2, 0.25) is 0 Å². The molecule has 4 aliphatic carbocycles. The van der Waals surface area contributed by atoms with Crippen LogP contribution in [0.15, 0.2) is 0 Å². The van der Waals surface area contributed by atoms with Gasteiger partial charge < -0.3 is 10.6 Å². The molecule has 20 heavy (non-hydrogen) atoms. The molecule has 0 aliphatic heterocycles. The van der Waals surface area contributed by atoms with Crippen LogP contribution in [0.5, 0.6) is 0 Å². The number of carbonyl (C=O) groups excluding carboxylic acids is 1. The average Bonchev–Trinajstić information content (AvgIpc) is 2.36. The fraction of sp³-hybridized carbons (Fsp3) is 0.941. The maximum absolute atomic E-state index is 12.5. The second-order valence-electron chi connectivity index (χ2n) is 8.04. The molecule has 4 rings (SSSR count). The molecule has 0 aromatic rings. The molecule has 4 fully saturated rings. The first-order valence-corrected chi connectivity index (χ1v) is 8.47. The molecule has 4 bridgehead atoms. The number of hydrogen-bond donors (Lipinski definition) is 1. The molecule has 1 unspecified atom stereocenters. The Hall–Kier alpha value is -0.570. The van der Waals surface area contributed by atoms with E-state index in [0.717, 1.165) is 23.7 Å². The number of amides is 1. The molecule has 1 amide bonds. The largest absolute Gasteiger partial charge is 0.342 e. The van der Waals surface area contributed by atoms with Crippen LogP contribution >= 0.6 is 0 Å². The van der Waals surface area contributed by atoms with E-state index in [2.05, 4.69) is 18.7 Å². The lowest BCUT2D eigenvalue weighted by Gasteiger charge is -2.56. The van der Waals surface area contributed by atoms with E-state index in [-0.39, 0.29) is 11.9 Å². The third-order valence-corrected chi connectivity index (χ3v) is 6.28. The van der Waals surface area contributed by atoms with Crippen molar-refractivity contribution in [2.24, 2.45) is 35.3 Å². The highest BCUT2D eigenvalue weighted by atomic mass is 16.2. The summed E-state index contributed by atoms with van der Waals surface area (Å²) >= 11 is 0. The summed E-state index contributed by atoms with van der Waals surface area (Å²) in [5.74, 6) is 4.13. The minimum absolute atomic E-state index is 0.00165. The van der Waals surface area contributed by atoms with Gasteiger partial charge in [0.15, 0.2) is 0 Å². The molecule has 0 aromatic carbocycles. The molecule has 4 aliphatic rings. The van der Waals surface area contributed by atoms with E-state index in [0.29, 0.717) is 18.4 Å². The van der Waals surface area contributed by atoms with Crippen LogP contribution in [0.3, 0.4) is 0 Å². The van der Waals surface area contributed by atoms with Crippen LogP contribution in [0.1, 0.15) is 52.4 Å². The number of carbonyl (C=O) groups is 1. The van der Waals surface area contributed by atoms with Gasteiger partial charge in [0.1, 0.15) is 0 Å². The number of nitrogens with two attached hydrogens (primary N) is 1. The minimum Gasteiger partial charge on any atom is -0.342 e. The summed E-state index contributed by atoms with van der Waals surface area (Å²) < 4.78 is 0. The maximum Gasteiger partial charge on any atom is 0.224 e. The highest BCUT2D eigenvalue weighted by Crippen LogP contribution is 2.55. The van der Waals surface area contributed by atoms with Crippen molar-refractivity contribution in [3.05, 3.63) is 0 Å². The van der Waals surface area contributed by atoms with E-state index in [1.165, 1.54) is 32.1 Å². The summed E-state index contributed by atoms with van der Waals surface area (Å²) in [5.41, 5.74) is 6.08. The lowest BCUT2D eigenvalue weighted by molar-refractivity contribution is -0.141. The Kier molecular flexibility index (Phi) is 3.83. The smallest absolute Gasteiger partial charge is 0.224 e. The standard InChI is InChI=1S/C17H30N2O/c1-10(2)15(18)9-16(20)19(3)17-13-5-11-4-12(7-13)8-14(17)6-11/h10-15,17H,4-9,18H2,1-3H3. The van der Waals surface area contributed by atoms with Crippen molar-refractivity contribution in [2.75, 3.05) is 7.05 Å². The zero-order chi connectivity index (χ0) is 14.4. The van der Waals surface area contributed by atoms with E-state index in [1.54, 1.807) is 0 Å². The molecular weight excluding hydrogens is 248 g/mol. The number of rotatable bonds is 4. The lowest BCUT2D eigenvalue weighted by Crippen LogP contribution is -2.56. The molecular formula is C17H30N2O. The van der Waals surface area contributed by atoms with Crippen LogP contribution in [0, 0.1) is 29.6 Å². The zero-order valence-electron chi connectivity index (χ0n) is 13.2. The Balaban J connectivity index is 1.65. The molecule has 2 N–H and O–H groups in total. The fourth-order valence-corrected chi connectivity index (χ4v) is 5.28. The van der Waals surface area contributed by atoms with Gasteiger partial charge in [0.2, 0.25) is 5.91 Å². The monoisotopic (exact) mass is 278 g/mol. The summed E-state index contributed by atoms with van der Waals surface area (Å²) in [7, 11) is 2.03. The molecule has 3 heteroatoms. The van der Waals surface area contributed by atoms with Crippen LogP contribution in [-0.2, 0) is 4.79 Å². The summed E-state index contributed by atoms with van der Waals surface area (Å²) in [6, 6.07) is 0.511. The molecule has 0 radical (unpaired) electrons. The Bertz CT molecular complexity index is 351. The summed E-state index contributed by atoms with van der Waals surface area (Å²) in [4.78, 5) is 14.6. The highest BCUT2D eigenvalue weighted by molar-refractivity contribution is 5.77. The average molecular weight is 278 g/mol. The first kappa shape index (κ1) is 14.4. The second-order valence-corrected chi connectivity index (χ2v) is 8.04. The molecule has 1 atom stereocenters. The zero-order valence-corrected chi connectivity index (χ0v) is 13.2. The van der Waals surface area contributed by atoms with Gasteiger partial charge in [-0.15, -0.1) is 0 Å². The molecule has 0 heterocycles. The Morgan fingerprint density at radius 2 is 1.60 bits per heavy atom. The van der Waals surface area contributed by atoms with Crippen molar-refractivity contribution >= 4 is 5.91 Å². The van der Waals surface area contributed by atoms with Gasteiger partial charge in [0.05, 0.1) is 0 Å². The van der Waals surface area contributed by atoms with E-state index >= 15 is 0 Å². The first-order chi connectivity index (χ1) is 9.45. The second kappa shape index (κ2) is 5.32. The van der Waals surface area contributed by atoms with Gasteiger partial charge in [-0.3, -0.25) is 4.79 Å². The first-order valence-electron chi connectivity index (χ1n) is 8.47. The summed E-state index contributed by atoms with van der Waals surface area (Å²) in [5, 5.41) is 0. The van der Waals surface area contributed by atoms with Gasteiger partial charge in [-0.25, -0.2) is 0 Å². The van der Waals surface area contributed by atoms with Crippen molar-refractivity contribution in [1.82, 2.24) is 4.90 Å². The molecule has 4 saturated carbocycles. The van der Waals surface area contributed by atoms with Gasteiger partial charge in [-0.1, -0.05) is 13.8 Å². The summed E-state index contributed by atoms with van der Waals surface area (Å²) in [6.45, 7) is 4.20. The third kappa shape index (κ3) is 2.49. The Morgan fingerprint density at radius 3 is 2.05 bits per heavy atom. The summed E-state index contributed by atoms with van der Waals surface area (Å²) in [6.07, 6.45) is 7.45. The fourth-order valence-electron chi connectivity index (χ4n) is 5.28. The predicted octanol–water partition coefficient (Wildman–Crippen LogP) is 2.64. The van der Waals surface area contributed by atoms with Crippen LogP contribution < -0.4 is 5.73 Å². The van der Waals surface area contributed by atoms with Crippen molar-refractivity contribution in [2.45, 2.75) is 64.5 Å². The van der Waals surface area contributed by atoms with Gasteiger partial charge in [-0.05, 0) is 61.7 Å². The minimum atomic E-state index is 0.00165. The Labute approximate surface area is 123 Å². The normalized spacial score (nSPS) is 40.1. The van der Waals surface area contributed by atoms with Crippen LogP contribution in [0.4, 0.5) is 0 Å². The van der Waals surface area contributed by atoms with Crippen molar-refractivity contribution in [3.63, 3.8) is 0 Å².